The van der Waals surface area contributed by atoms with Crippen LogP contribution in [0, 0.1) is 0 Å². The Bertz CT molecular complexity index is 824. The van der Waals surface area contributed by atoms with Crippen LogP contribution in [0.1, 0.15) is 43.8 Å². The van der Waals surface area contributed by atoms with E-state index in [-0.39, 0.29) is 6.04 Å². The van der Waals surface area contributed by atoms with Crippen LogP contribution in [0.3, 0.4) is 0 Å². The first kappa shape index (κ1) is 16.0. The molecule has 3 fully saturated rings. The molecule has 2 aromatic rings. The summed E-state index contributed by atoms with van der Waals surface area (Å²) in [5.74, 6) is 2.13. The molecule has 5 rings (SSSR count). The van der Waals surface area contributed by atoms with Crippen molar-refractivity contribution in [2.45, 2.75) is 50.1 Å². The molecule has 1 aliphatic carbocycles. The van der Waals surface area contributed by atoms with Gasteiger partial charge >= 0.3 is 0 Å². The molecular weight excluding hydrogens is 332 g/mol. The summed E-state index contributed by atoms with van der Waals surface area (Å²) in [6.45, 7) is 2.80. The van der Waals surface area contributed by atoms with Crippen LogP contribution >= 0.6 is 0 Å². The zero-order valence-electron chi connectivity index (χ0n) is 15.0. The smallest absolute Gasteiger partial charge is 0.240 e. The first-order chi connectivity index (χ1) is 12.7. The molecule has 1 amide bonds. The summed E-state index contributed by atoms with van der Waals surface area (Å²) in [5.41, 5.74) is 0.745. The SMILES string of the molecule is COc1ccc2nnc(C3CCN(C4CCN(C5CC5)C4=O)CC3)n2n1. The Balaban J connectivity index is 1.28. The Morgan fingerprint density at radius 2 is 1.85 bits per heavy atom. The summed E-state index contributed by atoms with van der Waals surface area (Å²) in [6, 6.07) is 4.30. The van der Waals surface area contributed by atoms with E-state index in [0.717, 1.165) is 50.4 Å². The van der Waals surface area contributed by atoms with Crippen LogP contribution in [0.4, 0.5) is 0 Å². The third kappa shape index (κ3) is 2.63. The molecule has 1 unspecified atom stereocenters. The Hall–Kier alpha value is -2.22. The zero-order valence-corrected chi connectivity index (χ0v) is 15.0. The Kier molecular flexibility index (Phi) is 3.81. The van der Waals surface area contributed by atoms with E-state index in [9.17, 15) is 4.79 Å². The van der Waals surface area contributed by atoms with Gasteiger partial charge < -0.3 is 9.64 Å². The summed E-state index contributed by atoms with van der Waals surface area (Å²) < 4.78 is 7.03. The van der Waals surface area contributed by atoms with Crippen LogP contribution < -0.4 is 4.74 Å². The third-order valence-corrected chi connectivity index (χ3v) is 6.01. The molecule has 138 valence electrons. The molecule has 0 radical (unpaired) electrons. The predicted octanol–water partition coefficient (Wildman–Crippen LogP) is 1.08. The predicted molar refractivity (Wildman–Crippen MR) is 94.0 cm³/mol. The second-order valence-electron chi connectivity index (χ2n) is 7.58. The Morgan fingerprint density at radius 1 is 1.04 bits per heavy atom. The molecule has 2 aromatic heterocycles. The number of ether oxygens (including phenoxy) is 1. The maximum absolute atomic E-state index is 12.7. The third-order valence-electron chi connectivity index (χ3n) is 6.01. The topological polar surface area (TPSA) is 75.9 Å². The van der Waals surface area contributed by atoms with Gasteiger partial charge in [0.25, 0.3) is 0 Å². The monoisotopic (exact) mass is 356 g/mol. The van der Waals surface area contributed by atoms with Gasteiger partial charge in [-0.2, -0.15) is 4.52 Å². The van der Waals surface area contributed by atoms with Gasteiger partial charge in [-0.3, -0.25) is 9.69 Å². The number of likely N-dealkylation sites (tertiary alicyclic amines) is 2. The van der Waals surface area contributed by atoms with Gasteiger partial charge in [-0.05, 0) is 51.3 Å². The van der Waals surface area contributed by atoms with Crippen molar-refractivity contribution >= 4 is 11.6 Å². The first-order valence-electron chi connectivity index (χ1n) is 9.55. The molecule has 0 spiro atoms. The van der Waals surface area contributed by atoms with Crippen LogP contribution in [-0.4, -0.2) is 74.3 Å². The standard InChI is InChI=1S/C18H24N6O2/c1-26-16-5-4-15-19-20-17(24(15)21-16)12-6-9-22(10-7-12)14-8-11-23(18(14)25)13-2-3-13/h4-5,12-14H,2-3,6-11H2,1H3. The van der Waals surface area contributed by atoms with Gasteiger partial charge in [0, 0.05) is 24.6 Å². The second kappa shape index (κ2) is 6.19. The zero-order chi connectivity index (χ0) is 17.7. The van der Waals surface area contributed by atoms with Gasteiger partial charge in [0.1, 0.15) is 0 Å². The van der Waals surface area contributed by atoms with Gasteiger partial charge in [0.2, 0.25) is 11.8 Å². The maximum atomic E-state index is 12.7. The van der Waals surface area contributed by atoms with Gasteiger partial charge in [-0.1, -0.05) is 0 Å². The highest BCUT2D eigenvalue weighted by Crippen LogP contribution is 2.34. The van der Waals surface area contributed by atoms with Crippen molar-refractivity contribution in [3.8, 4) is 5.88 Å². The Morgan fingerprint density at radius 3 is 2.58 bits per heavy atom. The summed E-state index contributed by atoms with van der Waals surface area (Å²) >= 11 is 0. The number of aromatic nitrogens is 4. The molecule has 2 aliphatic heterocycles. The molecular formula is C18H24N6O2. The average Bonchev–Trinajstić information content (AvgIpc) is 3.32. The van der Waals surface area contributed by atoms with Crippen molar-refractivity contribution in [2.24, 2.45) is 0 Å². The fraction of sp³-hybridized carbons (Fsp3) is 0.667. The van der Waals surface area contributed by atoms with Gasteiger partial charge in [-0.25, -0.2) is 0 Å². The fourth-order valence-corrected chi connectivity index (χ4v) is 4.40. The molecule has 2 saturated heterocycles. The lowest BCUT2D eigenvalue weighted by atomic mass is 9.95. The molecule has 0 aromatic carbocycles. The van der Waals surface area contributed by atoms with Crippen molar-refractivity contribution in [3.63, 3.8) is 0 Å². The number of nitrogens with zero attached hydrogens (tertiary/aromatic N) is 6. The highest BCUT2D eigenvalue weighted by Gasteiger charge is 2.43. The quantitative estimate of drug-likeness (QED) is 0.816. The van der Waals surface area contributed by atoms with Crippen molar-refractivity contribution in [3.05, 3.63) is 18.0 Å². The number of piperidine rings is 1. The van der Waals surface area contributed by atoms with Gasteiger partial charge in [-0.15, -0.1) is 15.3 Å². The molecule has 3 aliphatic rings. The lowest BCUT2D eigenvalue weighted by Crippen LogP contribution is -2.46. The molecule has 1 atom stereocenters. The number of amides is 1. The van der Waals surface area contributed by atoms with Crippen molar-refractivity contribution in [2.75, 3.05) is 26.7 Å². The van der Waals surface area contributed by atoms with E-state index in [2.05, 4.69) is 25.1 Å². The van der Waals surface area contributed by atoms with Crippen molar-refractivity contribution < 1.29 is 9.53 Å². The van der Waals surface area contributed by atoms with Crippen LogP contribution in [-0.2, 0) is 4.79 Å². The van der Waals surface area contributed by atoms with Crippen molar-refractivity contribution in [1.29, 1.82) is 0 Å². The first-order valence-corrected chi connectivity index (χ1v) is 9.55. The van der Waals surface area contributed by atoms with E-state index in [4.69, 9.17) is 4.74 Å². The van der Waals surface area contributed by atoms with E-state index in [1.54, 1.807) is 17.7 Å². The van der Waals surface area contributed by atoms with E-state index in [1.807, 2.05) is 6.07 Å². The number of hydrogen-bond acceptors (Lipinski definition) is 6. The lowest BCUT2D eigenvalue weighted by Gasteiger charge is -2.34. The van der Waals surface area contributed by atoms with Crippen molar-refractivity contribution in [1.82, 2.24) is 29.6 Å². The van der Waals surface area contributed by atoms with Crippen LogP contribution in [0.15, 0.2) is 12.1 Å². The van der Waals surface area contributed by atoms with Crippen LogP contribution in [0.25, 0.3) is 5.65 Å². The maximum Gasteiger partial charge on any atom is 0.240 e. The highest BCUT2D eigenvalue weighted by molar-refractivity contribution is 5.84. The Labute approximate surface area is 152 Å². The lowest BCUT2D eigenvalue weighted by molar-refractivity contribution is -0.133. The van der Waals surface area contributed by atoms with E-state index in [1.165, 1.54) is 12.8 Å². The molecule has 4 heterocycles. The second-order valence-corrected chi connectivity index (χ2v) is 7.58. The minimum atomic E-state index is 0.0879. The molecule has 1 saturated carbocycles. The summed E-state index contributed by atoms with van der Waals surface area (Å²) in [4.78, 5) is 17.2. The average molecular weight is 356 g/mol. The number of fused-ring (bicyclic) bond motifs is 1. The summed E-state index contributed by atoms with van der Waals surface area (Å²) in [6.07, 6.45) is 5.32. The number of carbonyl (C=O) groups is 1. The van der Waals surface area contributed by atoms with E-state index >= 15 is 0 Å². The molecule has 0 bridgehead atoms. The minimum absolute atomic E-state index is 0.0879. The normalized spacial score (nSPS) is 25.3. The largest absolute Gasteiger partial charge is 0.480 e. The summed E-state index contributed by atoms with van der Waals surface area (Å²) in [5, 5.41) is 13.1. The number of rotatable bonds is 4. The molecule has 8 heteroatoms. The number of methoxy groups -OCH3 is 1. The molecule has 26 heavy (non-hydrogen) atoms. The van der Waals surface area contributed by atoms with Crippen LogP contribution in [0.2, 0.25) is 0 Å². The number of hydrogen-bond donors (Lipinski definition) is 0. The molecule has 8 nitrogen and oxygen atoms in total. The van der Waals surface area contributed by atoms with Crippen LogP contribution in [0.5, 0.6) is 5.88 Å². The van der Waals surface area contributed by atoms with E-state index in [0.29, 0.717) is 23.7 Å². The minimum Gasteiger partial charge on any atom is -0.480 e. The number of carbonyl (C=O) groups excluding carboxylic acids is 1. The van der Waals surface area contributed by atoms with Gasteiger partial charge in [0.05, 0.1) is 13.2 Å². The highest BCUT2D eigenvalue weighted by atomic mass is 16.5. The van der Waals surface area contributed by atoms with E-state index < -0.39 is 0 Å². The molecule has 0 N–H and O–H groups in total. The summed E-state index contributed by atoms with van der Waals surface area (Å²) in [7, 11) is 1.61. The fourth-order valence-electron chi connectivity index (χ4n) is 4.40. The van der Waals surface area contributed by atoms with Gasteiger partial charge in [0.15, 0.2) is 11.5 Å².